The van der Waals surface area contributed by atoms with E-state index in [1.807, 2.05) is 0 Å². The second-order valence-corrected chi connectivity index (χ2v) is 4.80. The molecule has 1 aromatic rings. The third-order valence-corrected chi connectivity index (χ3v) is 3.72. The van der Waals surface area contributed by atoms with E-state index in [1.54, 1.807) is 11.8 Å². The van der Waals surface area contributed by atoms with Crippen LogP contribution < -0.4 is 0 Å². The number of carboxylic acid groups (broad SMARTS) is 1. The van der Waals surface area contributed by atoms with Crippen LogP contribution in [0.4, 0.5) is 0 Å². The van der Waals surface area contributed by atoms with E-state index >= 15 is 0 Å². The van der Waals surface area contributed by atoms with Crippen molar-refractivity contribution in [3.05, 3.63) is 22.6 Å². The topological polar surface area (TPSA) is 50.4 Å². The maximum Gasteiger partial charge on any atom is 0.339 e. The summed E-state index contributed by atoms with van der Waals surface area (Å²) in [5.41, 5.74) is 1.40. The number of thioether (sulfide) groups is 1. The molecule has 0 aromatic carbocycles. The third kappa shape index (κ3) is 1.10. The minimum Gasteiger partial charge on any atom is -0.478 e. The zero-order valence-corrected chi connectivity index (χ0v) is 8.39. The van der Waals surface area contributed by atoms with E-state index in [9.17, 15) is 4.79 Å². The fraction of sp³-hybridized carbons (Fsp3) is 0.500. The van der Waals surface area contributed by atoms with Gasteiger partial charge in [-0.1, -0.05) is 0 Å². The van der Waals surface area contributed by atoms with Crippen molar-refractivity contribution in [1.82, 2.24) is 0 Å². The molecule has 0 radical (unpaired) electrons. The number of aromatic carboxylic acids is 1. The lowest BCUT2D eigenvalue weighted by Gasteiger charge is -1.97. The first-order valence-corrected chi connectivity index (χ1v) is 5.88. The van der Waals surface area contributed by atoms with Gasteiger partial charge in [-0.15, -0.1) is 11.8 Å². The Bertz CT molecular complexity index is 404. The minimum atomic E-state index is -0.820. The first-order chi connectivity index (χ1) is 6.77. The van der Waals surface area contributed by atoms with E-state index in [-0.39, 0.29) is 0 Å². The van der Waals surface area contributed by atoms with Gasteiger partial charge in [0.25, 0.3) is 0 Å². The molecule has 14 heavy (non-hydrogen) atoms. The average molecular weight is 210 g/mol. The fourth-order valence-corrected chi connectivity index (χ4v) is 2.95. The van der Waals surface area contributed by atoms with Gasteiger partial charge in [0.05, 0.1) is 5.75 Å². The molecule has 0 amide bonds. The summed E-state index contributed by atoms with van der Waals surface area (Å²) in [6.45, 7) is 0. The van der Waals surface area contributed by atoms with E-state index < -0.39 is 5.97 Å². The largest absolute Gasteiger partial charge is 0.478 e. The first-order valence-electron chi connectivity index (χ1n) is 4.73. The molecule has 2 aliphatic rings. The molecule has 0 bridgehead atoms. The van der Waals surface area contributed by atoms with Crippen molar-refractivity contribution in [2.45, 2.75) is 30.3 Å². The van der Waals surface area contributed by atoms with Crippen LogP contribution in [0, 0.1) is 0 Å². The van der Waals surface area contributed by atoms with Gasteiger partial charge in [0.15, 0.2) is 0 Å². The van der Waals surface area contributed by atoms with Gasteiger partial charge in [-0.3, -0.25) is 0 Å². The van der Waals surface area contributed by atoms with E-state index in [1.165, 1.54) is 0 Å². The molecule has 1 aliphatic carbocycles. The molecule has 3 rings (SSSR count). The average Bonchev–Trinajstić information content (AvgIpc) is 2.75. The Morgan fingerprint density at radius 2 is 2.21 bits per heavy atom. The Hall–Kier alpha value is -0.900. The van der Waals surface area contributed by atoms with Gasteiger partial charge in [-0.25, -0.2) is 4.79 Å². The van der Waals surface area contributed by atoms with E-state index in [0.29, 0.717) is 11.5 Å². The summed E-state index contributed by atoms with van der Waals surface area (Å²) in [5.74, 6) is 2.84. The quantitative estimate of drug-likeness (QED) is 0.815. The molecule has 2 heterocycles. The predicted molar refractivity (Wildman–Crippen MR) is 52.6 cm³/mol. The lowest BCUT2D eigenvalue weighted by Crippen LogP contribution is -2.01. The molecule has 74 valence electrons. The highest BCUT2D eigenvalue weighted by Gasteiger charge is 2.36. The molecule has 1 aliphatic heterocycles. The number of hydrogen-bond acceptors (Lipinski definition) is 3. The third-order valence-electron chi connectivity index (χ3n) is 2.76. The SMILES string of the molecule is O=C(O)c1c(C2CC2)oc2c1CSC2. The van der Waals surface area contributed by atoms with Crippen LogP contribution in [0.2, 0.25) is 0 Å². The van der Waals surface area contributed by atoms with Gasteiger partial charge < -0.3 is 9.52 Å². The minimum absolute atomic E-state index is 0.386. The molecule has 1 saturated carbocycles. The normalized spacial score (nSPS) is 19.7. The Kier molecular flexibility index (Phi) is 1.68. The summed E-state index contributed by atoms with van der Waals surface area (Å²) >= 11 is 1.72. The number of hydrogen-bond donors (Lipinski definition) is 1. The molecule has 3 nitrogen and oxygen atoms in total. The van der Waals surface area contributed by atoms with Crippen molar-refractivity contribution in [3.63, 3.8) is 0 Å². The Balaban J connectivity index is 2.15. The molecular weight excluding hydrogens is 200 g/mol. The highest BCUT2D eigenvalue weighted by atomic mass is 32.2. The van der Waals surface area contributed by atoms with Crippen molar-refractivity contribution in [2.75, 3.05) is 0 Å². The zero-order chi connectivity index (χ0) is 9.71. The standard InChI is InChI=1S/C10H10O3S/c11-10(12)8-6-3-14-4-7(6)13-9(8)5-1-2-5/h5H,1-4H2,(H,11,12). The maximum atomic E-state index is 11.1. The molecule has 1 N–H and O–H groups in total. The fourth-order valence-electron chi connectivity index (χ4n) is 1.92. The van der Waals surface area contributed by atoms with Gasteiger partial charge in [-0.2, -0.15) is 0 Å². The molecule has 4 heteroatoms. The Morgan fingerprint density at radius 3 is 2.86 bits per heavy atom. The summed E-state index contributed by atoms with van der Waals surface area (Å²) in [4.78, 5) is 11.1. The molecule has 0 spiro atoms. The van der Waals surface area contributed by atoms with Crippen LogP contribution in [0.25, 0.3) is 0 Å². The molecule has 1 fully saturated rings. The smallest absolute Gasteiger partial charge is 0.339 e. The number of carbonyl (C=O) groups is 1. The van der Waals surface area contributed by atoms with E-state index in [4.69, 9.17) is 9.52 Å². The summed E-state index contributed by atoms with van der Waals surface area (Å²) in [6.07, 6.45) is 2.17. The Labute approximate surface area is 85.5 Å². The van der Waals surface area contributed by atoms with Crippen LogP contribution in [0.3, 0.4) is 0 Å². The highest BCUT2D eigenvalue weighted by Crippen LogP contribution is 2.47. The van der Waals surface area contributed by atoms with Crippen LogP contribution in [0.5, 0.6) is 0 Å². The highest BCUT2D eigenvalue weighted by molar-refractivity contribution is 7.98. The van der Waals surface area contributed by atoms with Crippen molar-refractivity contribution < 1.29 is 14.3 Å². The second-order valence-electron chi connectivity index (χ2n) is 3.82. The number of fused-ring (bicyclic) bond motifs is 1. The van der Waals surface area contributed by atoms with Crippen LogP contribution in [-0.2, 0) is 11.5 Å². The van der Waals surface area contributed by atoms with Crippen molar-refractivity contribution in [1.29, 1.82) is 0 Å². The van der Waals surface area contributed by atoms with Gasteiger partial charge in [0.2, 0.25) is 0 Å². The lowest BCUT2D eigenvalue weighted by atomic mass is 10.1. The van der Waals surface area contributed by atoms with Gasteiger partial charge in [0, 0.05) is 17.2 Å². The van der Waals surface area contributed by atoms with Gasteiger partial charge in [0.1, 0.15) is 17.1 Å². The number of furan rings is 1. The first kappa shape index (κ1) is 8.41. The monoisotopic (exact) mass is 210 g/mol. The van der Waals surface area contributed by atoms with Crippen LogP contribution in [0.1, 0.15) is 46.2 Å². The molecular formula is C10H10O3S. The van der Waals surface area contributed by atoms with Crippen molar-refractivity contribution in [2.24, 2.45) is 0 Å². The number of rotatable bonds is 2. The van der Waals surface area contributed by atoms with Crippen molar-refractivity contribution >= 4 is 17.7 Å². The van der Waals surface area contributed by atoms with Crippen LogP contribution in [-0.4, -0.2) is 11.1 Å². The molecule has 0 saturated heterocycles. The number of carboxylic acids is 1. The van der Waals surface area contributed by atoms with Gasteiger partial charge >= 0.3 is 5.97 Å². The lowest BCUT2D eigenvalue weighted by molar-refractivity contribution is 0.0693. The van der Waals surface area contributed by atoms with E-state index in [2.05, 4.69) is 0 Å². The predicted octanol–water partition coefficient (Wildman–Crippen LogP) is 2.60. The van der Waals surface area contributed by atoms with E-state index in [0.717, 1.165) is 41.4 Å². The second kappa shape index (κ2) is 2.79. The molecule has 0 atom stereocenters. The van der Waals surface area contributed by atoms with Crippen LogP contribution >= 0.6 is 11.8 Å². The van der Waals surface area contributed by atoms with Gasteiger partial charge in [-0.05, 0) is 12.8 Å². The summed E-state index contributed by atoms with van der Waals surface area (Å²) in [6, 6.07) is 0. The van der Waals surface area contributed by atoms with Crippen LogP contribution in [0.15, 0.2) is 4.42 Å². The summed E-state index contributed by atoms with van der Waals surface area (Å²) in [5, 5.41) is 9.13. The maximum absolute atomic E-state index is 11.1. The van der Waals surface area contributed by atoms with Crippen molar-refractivity contribution in [3.8, 4) is 0 Å². The summed E-state index contributed by atoms with van der Waals surface area (Å²) in [7, 11) is 0. The summed E-state index contributed by atoms with van der Waals surface area (Å²) < 4.78 is 5.64. The Morgan fingerprint density at radius 1 is 1.43 bits per heavy atom. The molecule has 0 unspecified atom stereocenters. The zero-order valence-electron chi connectivity index (χ0n) is 7.58. The molecule has 1 aromatic heterocycles.